The van der Waals surface area contributed by atoms with Gasteiger partial charge in [0.1, 0.15) is 0 Å². The summed E-state index contributed by atoms with van der Waals surface area (Å²) in [5.74, 6) is 1.18. The molecule has 0 heterocycles. The Morgan fingerprint density at radius 1 is 1.22 bits per heavy atom. The third-order valence-corrected chi connectivity index (χ3v) is 5.37. The van der Waals surface area contributed by atoms with Crippen molar-refractivity contribution in [2.24, 2.45) is 11.8 Å². The van der Waals surface area contributed by atoms with Crippen molar-refractivity contribution in [2.75, 3.05) is 0 Å². The number of carbonyl (C=O) groups excluding carboxylic acids is 1. The molecular weight excluding hydrogens is 374 g/mol. The van der Waals surface area contributed by atoms with Gasteiger partial charge in [0.25, 0.3) is 0 Å². The second-order valence-corrected chi connectivity index (χ2v) is 7.65. The van der Waals surface area contributed by atoms with Gasteiger partial charge in [-0.15, -0.1) is 0 Å². The highest BCUT2D eigenvalue weighted by molar-refractivity contribution is 9.10. The maximum atomic E-state index is 11.9. The minimum absolute atomic E-state index is 0.110. The van der Waals surface area contributed by atoms with Gasteiger partial charge in [-0.3, -0.25) is 15.6 Å². The quantitative estimate of drug-likeness (QED) is 0.540. The Hall–Kier alpha value is -1.14. The number of hydrogen-bond acceptors (Lipinski definition) is 2. The first kappa shape index (κ1) is 18.2. The van der Waals surface area contributed by atoms with Crippen LogP contribution in [0.1, 0.15) is 38.7 Å². The second kappa shape index (κ2) is 8.64. The fourth-order valence-corrected chi connectivity index (χ4v) is 3.42. The molecule has 3 N–H and O–H groups in total. The van der Waals surface area contributed by atoms with E-state index in [0.717, 1.165) is 16.5 Å². The lowest BCUT2D eigenvalue weighted by atomic mass is 9.78. The molecule has 1 aliphatic carbocycles. The first-order valence-corrected chi connectivity index (χ1v) is 9.25. The molecule has 0 spiro atoms. The molecule has 1 fully saturated rings. The van der Waals surface area contributed by atoms with E-state index in [2.05, 4.69) is 45.9 Å². The van der Waals surface area contributed by atoms with Crippen LogP contribution in [0.4, 0.5) is 0 Å². The number of rotatable bonds is 3. The number of amides is 1. The summed E-state index contributed by atoms with van der Waals surface area (Å²) in [5, 5.41) is 3.81. The van der Waals surface area contributed by atoms with Crippen molar-refractivity contribution in [1.82, 2.24) is 16.2 Å². The van der Waals surface area contributed by atoms with Crippen LogP contribution < -0.4 is 16.2 Å². The summed E-state index contributed by atoms with van der Waals surface area (Å²) in [6.45, 7) is 4.55. The van der Waals surface area contributed by atoms with Gasteiger partial charge in [-0.25, -0.2) is 0 Å². The highest BCUT2D eigenvalue weighted by Crippen LogP contribution is 2.29. The standard InChI is InChI=1S/C17H24BrN3OS/c1-11-4-3-5-15(12(11)2)19-17(23)21-20-16(22)10-13-6-8-14(18)9-7-13/h6-9,11-12,15H,3-5,10H2,1-2H3,(H,20,22)(H2,19,21,23)/t11-,12-,15+/m1/s1. The summed E-state index contributed by atoms with van der Waals surface area (Å²) in [4.78, 5) is 11.9. The smallest absolute Gasteiger partial charge is 0.242 e. The Balaban J connectivity index is 1.73. The summed E-state index contributed by atoms with van der Waals surface area (Å²) >= 11 is 8.66. The van der Waals surface area contributed by atoms with E-state index in [4.69, 9.17) is 12.2 Å². The van der Waals surface area contributed by atoms with Crippen LogP contribution in [0.2, 0.25) is 0 Å². The van der Waals surface area contributed by atoms with Crippen molar-refractivity contribution in [3.05, 3.63) is 34.3 Å². The molecule has 0 saturated heterocycles. The van der Waals surface area contributed by atoms with Gasteiger partial charge in [-0.2, -0.15) is 0 Å². The number of halogens is 1. The molecule has 3 atom stereocenters. The van der Waals surface area contributed by atoms with Crippen molar-refractivity contribution >= 4 is 39.2 Å². The van der Waals surface area contributed by atoms with E-state index in [-0.39, 0.29) is 5.91 Å². The van der Waals surface area contributed by atoms with Gasteiger partial charge in [0.05, 0.1) is 6.42 Å². The van der Waals surface area contributed by atoms with Crippen LogP contribution in [0, 0.1) is 11.8 Å². The van der Waals surface area contributed by atoms with Crippen LogP contribution in [0.3, 0.4) is 0 Å². The number of thiocarbonyl (C=S) groups is 1. The highest BCUT2D eigenvalue weighted by Gasteiger charge is 2.27. The van der Waals surface area contributed by atoms with Crippen LogP contribution in [0.5, 0.6) is 0 Å². The average molecular weight is 398 g/mol. The summed E-state index contributed by atoms with van der Waals surface area (Å²) < 4.78 is 1.00. The van der Waals surface area contributed by atoms with E-state index < -0.39 is 0 Å². The zero-order valence-electron chi connectivity index (χ0n) is 13.6. The third kappa shape index (κ3) is 5.77. The van der Waals surface area contributed by atoms with Gasteiger partial charge < -0.3 is 5.32 Å². The molecule has 1 saturated carbocycles. The molecule has 23 heavy (non-hydrogen) atoms. The molecule has 1 aliphatic rings. The third-order valence-electron chi connectivity index (χ3n) is 4.62. The molecule has 0 aromatic heterocycles. The van der Waals surface area contributed by atoms with Gasteiger partial charge in [0.15, 0.2) is 5.11 Å². The minimum Gasteiger partial charge on any atom is -0.358 e. The zero-order chi connectivity index (χ0) is 16.8. The largest absolute Gasteiger partial charge is 0.358 e. The Bertz CT molecular complexity index is 549. The summed E-state index contributed by atoms with van der Waals surface area (Å²) in [6, 6.07) is 8.07. The van der Waals surface area contributed by atoms with Crippen LogP contribution in [0.15, 0.2) is 28.7 Å². The highest BCUT2D eigenvalue weighted by atomic mass is 79.9. The zero-order valence-corrected chi connectivity index (χ0v) is 16.0. The number of carbonyl (C=O) groups is 1. The number of hydrazine groups is 1. The summed E-state index contributed by atoms with van der Waals surface area (Å²) in [6.07, 6.45) is 3.95. The Kier molecular flexibility index (Phi) is 6.84. The topological polar surface area (TPSA) is 53.2 Å². The Morgan fingerprint density at radius 2 is 1.91 bits per heavy atom. The van der Waals surface area contributed by atoms with E-state index in [1.165, 1.54) is 12.8 Å². The first-order valence-electron chi connectivity index (χ1n) is 8.05. The molecule has 4 nitrogen and oxygen atoms in total. The fraction of sp³-hybridized carbons (Fsp3) is 0.529. The number of hydrogen-bond donors (Lipinski definition) is 3. The maximum Gasteiger partial charge on any atom is 0.242 e. The molecule has 2 rings (SSSR count). The van der Waals surface area contributed by atoms with Crippen molar-refractivity contribution in [2.45, 2.75) is 45.6 Å². The molecule has 126 valence electrons. The molecule has 1 aromatic carbocycles. The maximum absolute atomic E-state index is 11.9. The summed E-state index contributed by atoms with van der Waals surface area (Å²) in [7, 11) is 0. The van der Waals surface area contributed by atoms with Crippen molar-refractivity contribution < 1.29 is 4.79 Å². The first-order chi connectivity index (χ1) is 11.0. The van der Waals surface area contributed by atoms with E-state index in [9.17, 15) is 4.79 Å². The minimum atomic E-state index is -0.110. The molecule has 0 unspecified atom stereocenters. The number of nitrogens with one attached hydrogen (secondary N) is 3. The van der Waals surface area contributed by atoms with Crippen molar-refractivity contribution in [3.63, 3.8) is 0 Å². The summed E-state index contributed by atoms with van der Waals surface area (Å²) in [5.41, 5.74) is 6.42. The van der Waals surface area contributed by atoms with Crippen LogP contribution in [0.25, 0.3) is 0 Å². The van der Waals surface area contributed by atoms with Gasteiger partial charge in [0, 0.05) is 10.5 Å². The second-order valence-electron chi connectivity index (χ2n) is 6.32. The lowest BCUT2D eigenvalue weighted by molar-refractivity contribution is -0.121. The SMILES string of the molecule is C[C@@H]1[C@H](C)CCC[C@@H]1NC(=S)NNC(=O)Cc1ccc(Br)cc1. The van der Waals surface area contributed by atoms with Gasteiger partial charge in [-0.1, -0.05) is 54.8 Å². The molecule has 1 aromatic rings. The van der Waals surface area contributed by atoms with Crippen LogP contribution in [-0.2, 0) is 11.2 Å². The molecule has 1 amide bonds. The lowest BCUT2D eigenvalue weighted by Crippen LogP contribution is -2.52. The predicted molar refractivity (Wildman–Crippen MR) is 101 cm³/mol. The van der Waals surface area contributed by atoms with Gasteiger partial charge in [0.2, 0.25) is 5.91 Å². The van der Waals surface area contributed by atoms with Gasteiger partial charge in [-0.05, 0) is 48.2 Å². The van der Waals surface area contributed by atoms with E-state index in [0.29, 0.717) is 29.4 Å². The van der Waals surface area contributed by atoms with E-state index >= 15 is 0 Å². The average Bonchev–Trinajstić information content (AvgIpc) is 2.52. The monoisotopic (exact) mass is 397 g/mol. The Labute approximate surface area is 151 Å². The predicted octanol–water partition coefficient (Wildman–Crippen LogP) is 3.31. The van der Waals surface area contributed by atoms with Crippen LogP contribution >= 0.6 is 28.1 Å². The fourth-order valence-electron chi connectivity index (χ4n) is 2.95. The van der Waals surface area contributed by atoms with E-state index in [1.54, 1.807) is 0 Å². The molecule has 0 radical (unpaired) electrons. The van der Waals surface area contributed by atoms with Crippen molar-refractivity contribution in [1.29, 1.82) is 0 Å². The molecule has 0 aliphatic heterocycles. The normalized spacial score (nSPS) is 23.9. The van der Waals surface area contributed by atoms with Crippen LogP contribution in [-0.4, -0.2) is 17.1 Å². The molecule has 6 heteroatoms. The molecular formula is C17H24BrN3OS. The van der Waals surface area contributed by atoms with Gasteiger partial charge >= 0.3 is 0 Å². The molecule has 0 bridgehead atoms. The van der Waals surface area contributed by atoms with Crippen molar-refractivity contribution in [3.8, 4) is 0 Å². The number of benzene rings is 1. The van der Waals surface area contributed by atoms with E-state index in [1.807, 2.05) is 24.3 Å². The Morgan fingerprint density at radius 3 is 2.61 bits per heavy atom. The lowest BCUT2D eigenvalue weighted by Gasteiger charge is -2.35.